The molecule has 1 aromatic heterocycles. The van der Waals surface area contributed by atoms with Gasteiger partial charge in [-0.15, -0.1) is 0 Å². The van der Waals surface area contributed by atoms with Crippen molar-refractivity contribution in [2.24, 2.45) is 0 Å². The molecule has 1 unspecified atom stereocenters. The van der Waals surface area contributed by atoms with E-state index in [0.29, 0.717) is 25.0 Å². The van der Waals surface area contributed by atoms with Crippen molar-refractivity contribution in [1.82, 2.24) is 20.2 Å². The summed E-state index contributed by atoms with van der Waals surface area (Å²) in [5.74, 6) is -0.659. The van der Waals surface area contributed by atoms with E-state index in [1.807, 2.05) is 36.1 Å². The zero-order chi connectivity index (χ0) is 33.4. The lowest BCUT2D eigenvalue weighted by Gasteiger charge is -2.32. The Morgan fingerprint density at radius 3 is 2.53 bits per heavy atom. The predicted molar refractivity (Wildman–Crippen MR) is 177 cm³/mol. The van der Waals surface area contributed by atoms with Crippen LogP contribution in [0.5, 0.6) is 0 Å². The highest BCUT2D eigenvalue weighted by molar-refractivity contribution is 6.00. The number of aromatic nitrogens is 2. The van der Waals surface area contributed by atoms with E-state index in [2.05, 4.69) is 43.4 Å². The van der Waals surface area contributed by atoms with Crippen LogP contribution in [-0.2, 0) is 17.5 Å². The lowest BCUT2D eigenvalue weighted by molar-refractivity contribution is -0.137. The summed E-state index contributed by atoms with van der Waals surface area (Å²) in [5.41, 5.74) is 3.01. The lowest BCUT2D eigenvalue weighted by atomic mass is 9.90. The average Bonchev–Trinajstić information content (AvgIpc) is 3.08. The Balaban J connectivity index is 1.24. The van der Waals surface area contributed by atoms with Gasteiger partial charge in [-0.25, -0.2) is 4.98 Å². The number of nitrogens with one attached hydrogen (secondary N) is 4. The number of halogens is 3. The first-order valence-corrected chi connectivity index (χ1v) is 15.3. The number of piperidine rings is 1. The van der Waals surface area contributed by atoms with Crippen LogP contribution >= 0.6 is 0 Å². The van der Waals surface area contributed by atoms with Gasteiger partial charge in [-0.3, -0.25) is 9.59 Å². The summed E-state index contributed by atoms with van der Waals surface area (Å²) in [6, 6.07) is 21.9. The molecule has 0 bridgehead atoms. The van der Waals surface area contributed by atoms with E-state index in [-0.39, 0.29) is 29.0 Å². The van der Waals surface area contributed by atoms with Crippen LogP contribution in [0.15, 0.2) is 91.1 Å². The van der Waals surface area contributed by atoms with E-state index in [0.717, 1.165) is 30.6 Å². The first kappa shape index (κ1) is 33.0. The normalized spacial score (nSPS) is 14.9. The van der Waals surface area contributed by atoms with Gasteiger partial charge in [-0.1, -0.05) is 42.5 Å². The second-order valence-electron chi connectivity index (χ2n) is 11.1. The van der Waals surface area contributed by atoms with E-state index in [4.69, 9.17) is 0 Å². The van der Waals surface area contributed by atoms with Crippen LogP contribution < -0.4 is 21.3 Å². The molecule has 2 heterocycles. The van der Waals surface area contributed by atoms with Gasteiger partial charge in [0.05, 0.1) is 11.3 Å². The second kappa shape index (κ2) is 14.8. The van der Waals surface area contributed by atoms with Gasteiger partial charge in [-0.2, -0.15) is 18.2 Å². The number of hydrogen-bond donors (Lipinski definition) is 4. The largest absolute Gasteiger partial charge is 0.421 e. The molecule has 47 heavy (non-hydrogen) atoms. The summed E-state index contributed by atoms with van der Waals surface area (Å²) in [5, 5.41) is 11.6. The zero-order valence-electron chi connectivity index (χ0n) is 26.1. The predicted octanol–water partition coefficient (Wildman–Crippen LogP) is 7.24. The number of carbonyl (C=O) groups excluding carboxylic acids is 2. The molecule has 1 fully saturated rings. The quantitative estimate of drug-likeness (QED) is 0.135. The van der Waals surface area contributed by atoms with Gasteiger partial charge in [0.2, 0.25) is 11.9 Å². The molecule has 4 N–H and O–H groups in total. The number of carbonyl (C=O) groups is 2. The molecule has 1 saturated heterocycles. The molecule has 1 aliphatic heterocycles. The number of likely N-dealkylation sites (tertiary alicyclic amines) is 1. The Morgan fingerprint density at radius 1 is 1.00 bits per heavy atom. The van der Waals surface area contributed by atoms with Crippen molar-refractivity contribution >= 4 is 40.6 Å². The van der Waals surface area contributed by atoms with E-state index in [9.17, 15) is 22.8 Å². The maximum atomic E-state index is 13.8. The molecule has 3 aromatic carbocycles. The Hall–Kier alpha value is -5.39. The summed E-state index contributed by atoms with van der Waals surface area (Å²) in [7, 11) is 1.44. The first-order chi connectivity index (χ1) is 22.6. The number of amides is 2. The van der Waals surface area contributed by atoms with Crippen LogP contribution in [0.3, 0.4) is 0 Å². The number of nitrogens with zero attached hydrogens (tertiary/aromatic N) is 3. The Kier molecular flexibility index (Phi) is 10.4. The Morgan fingerprint density at radius 2 is 1.79 bits per heavy atom. The van der Waals surface area contributed by atoms with E-state index >= 15 is 0 Å². The SMILES string of the molecule is CC=CC(=O)N1CCCC(c2cccc(NCc3ccc(Nc4ncc(C(F)(F)F)c(Nc5ccccc5C(=O)NC)n4)cc3)c2)C1. The van der Waals surface area contributed by atoms with Gasteiger partial charge in [0.15, 0.2) is 0 Å². The van der Waals surface area contributed by atoms with E-state index in [1.165, 1.54) is 24.7 Å². The number of alkyl halides is 3. The van der Waals surface area contributed by atoms with Gasteiger partial charge in [-0.05, 0) is 73.4 Å². The molecule has 244 valence electrons. The Labute approximate surface area is 271 Å². The van der Waals surface area contributed by atoms with Crippen molar-refractivity contribution in [3.05, 3.63) is 113 Å². The summed E-state index contributed by atoms with van der Waals surface area (Å²) in [6.07, 6.45) is 1.36. The molecule has 0 saturated carbocycles. The minimum absolute atomic E-state index is 0.0469. The minimum Gasteiger partial charge on any atom is -0.381 e. The minimum atomic E-state index is -4.72. The van der Waals surface area contributed by atoms with Crippen LogP contribution in [-0.4, -0.2) is 46.8 Å². The smallest absolute Gasteiger partial charge is 0.381 e. The van der Waals surface area contributed by atoms with Gasteiger partial charge < -0.3 is 26.2 Å². The maximum absolute atomic E-state index is 13.8. The maximum Gasteiger partial charge on any atom is 0.421 e. The number of hydrogen-bond acceptors (Lipinski definition) is 7. The highest BCUT2D eigenvalue weighted by atomic mass is 19.4. The monoisotopic (exact) mass is 643 g/mol. The third-order valence-corrected chi connectivity index (χ3v) is 7.85. The molecule has 5 rings (SSSR count). The second-order valence-corrected chi connectivity index (χ2v) is 11.1. The van der Waals surface area contributed by atoms with Gasteiger partial charge >= 0.3 is 6.18 Å². The highest BCUT2D eigenvalue weighted by Crippen LogP contribution is 2.36. The fourth-order valence-electron chi connectivity index (χ4n) is 5.44. The summed E-state index contributed by atoms with van der Waals surface area (Å²) >= 11 is 0. The molecule has 12 heteroatoms. The first-order valence-electron chi connectivity index (χ1n) is 15.3. The van der Waals surface area contributed by atoms with E-state index in [1.54, 1.807) is 36.4 Å². The fraction of sp³-hybridized carbons (Fsp3) is 0.257. The Bertz CT molecular complexity index is 1740. The molecule has 1 aliphatic rings. The summed E-state index contributed by atoms with van der Waals surface area (Å²) in [6.45, 7) is 3.87. The van der Waals surface area contributed by atoms with Gasteiger partial charge in [0.25, 0.3) is 5.91 Å². The summed E-state index contributed by atoms with van der Waals surface area (Å²) in [4.78, 5) is 34.5. The number of allylic oxidation sites excluding steroid dienone is 1. The molecule has 0 aliphatic carbocycles. The molecule has 9 nitrogen and oxygen atoms in total. The molecule has 0 radical (unpaired) electrons. The topological polar surface area (TPSA) is 111 Å². The van der Waals surface area contributed by atoms with Crippen molar-refractivity contribution in [1.29, 1.82) is 0 Å². The molecule has 1 atom stereocenters. The molecule has 2 amide bonds. The van der Waals surface area contributed by atoms with Crippen molar-refractivity contribution < 1.29 is 22.8 Å². The van der Waals surface area contributed by atoms with Crippen molar-refractivity contribution in [3.63, 3.8) is 0 Å². The van der Waals surface area contributed by atoms with Crippen molar-refractivity contribution in [2.45, 2.75) is 38.4 Å². The average molecular weight is 644 g/mol. The number of benzene rings is 3. The molecule has 4 aromatic rings. The number of para-hydroxylation sites is 1. The highest BCUT2D eigenvalue weighted by Gasteiger charge is 2.35. The molecular formula is C35H36F3N7O2. The number of anilines is 5. The third kappa shape index (κ3) is 8.46. The van der Waals surface area contributed by atoms with E-state index < -0.39 is 23.5 Å². The van der Waals surface area contributed by atoms with Crippen molar-refractivity contribution in [2.75, 3.05) is 36.1 Å². The lowest BCUT2D eigenvalue weighted by Crippen LogP contribution is -2.38. The molecule has 0 spiro atoms. The van der Waals surface area contributed by atoms with Crippen LogP contribution in [0.4, 0.5) is 42.0 Å². The van der Waals surface area contributed by atoms with Crippen LogP contribution in [0, 0.1) is 0 Å². The van der Waals surface area contributed by atoms with Gasteiger partial charge in [0.1, 0.15) is 11.4 Å². The van der Waals surface area contributed by atoms with Crippen LogP contribution in [0.2, 0.25) is 0 Å². The van der Waals surface area contributed by atoms with Crippen LogP contribution in [0.1, 0.15) is 52.7 Å². The fourth-order valence-corrected chi connectivity index (χ4v) is 5.44. The summed E-state index contributed by atoms with van der Waals surface area (Å²) < 4.78 is 41.5. The zero-order valence-corrected chi connectivity index (χ0v) is 26.1. The van der Waals surface area contributed by atoms with Gasteiger partial charge in [0, 0.05) is 50.2 Å². The van der Waals surface area contributed by atoms with Crippen molar-refractivity contribution in [3.8, 4) is 0 Å². The van der Waals surface area contributed by atoms with Crippen LogP contribution in [0.25, 0.3) is 0 Å². The third-order valence-electron chi connectivity index (χ3n) is 7.85. The molecular weight excluding hydrogens is 607 g/mol. The number of rotatable bonds is 10. The standard InChI is InChI=1S/C35H36F3N7O2/c1-3-8-31(46)45-18-7-10-25(22-45)24-9-6-11-27(19-24)40-20-23-14-16-26(17-15-23)42-34-41-21-29(35(36,37)38)32(44-34)43-30-13-5-4-12-28(30)33(47)39-2/h3-6,8-9,11-17,19,21,25,40H,7,10,18,20,22H2,1-2H3,(H,39,47)(H2,41,42,43,44).